The van der Waals surface area contributed by atoms with Gasteiger partial charge in [-0.2, -0.15) is 21.6 Å². The monoisotopic (exact) mass is 360 g/mol. The van der Waals surface area contributed by atoms with Gasteiger partial charge in [0.15, 0.2) is 0 Å². The number of carbonyl (C=O) groups is 2. The van der Waals surface area contributed by atoms with Crippen LogP contribution in [0.5, 0.6) is 0 Å². The summed E-state index contributed by atoms with van der Waals surface area (Å²) in [5.74, 6) is -6.21. The summed E-state index contributed by atoms with van der Waals surface area (Å²) in [6, 6.07) is 0. The van der Waals surface area contributed by atoms with Gasteiger partial charge in [-0.15, -0.1) is 0 Å². The first-order valence-electron chi connectivity index (χ1n) is 6.41. The maximum Gasteiger partial charge on any atom is 0.426 e. The van der Waals surface area contributed by atoms with Crippen molar-refractivity contribution in [3.05, 3.63) is 12.2 Å². The second-order valence-corrected chi connectivity index (χ2v) is 6.39. The molecule has 0 fully saturated rings. The van der Waals surface area contributed by atoms with Crippen LogP contribution in [-0.2, 0) is 29.2 Å². The highest BCUT2D eigenvalue weighted by Crippen LogP contribution is 2.31. The van der Waals surface area contributed by atoms with Gasteiger partial charge in [0.2, 0.25) is 6.10 Å². The van der Waals surface area contributed by atoms with Gasteiger partial charge in [0.25, 0.3) is 10.1 Å². The quantitative estimate of drug-likeness (QED) is 0.444. The molecule has 1 aliphatic carbocycles. The number of ether oxygens (including phenoxy) is 2. The summed E-state index contributed by atoms with van der Waals surface area (Å²) in [5, 5.41) is 0. The third-order valence-electron chi connectivity index (χ3n) is 3.22. The van der Waals surface area contributed by atoms with E-state index in [9.17, 15) is 31.2 Å². The van der Waals surface area contributed by atoms with E-state index in [4.69, 9.17) is 4.55 Å². The molecule has 7 nitrogen and oxygen atoms in total. The number of methoxy groups -OCH3 is 1. The van der Waals surface area contributed by atoms with Crippen LogP contribution < -0.4 is 0 Å². The van der Waals surface area contributed by atoms with E-state index in [1.807, 2.05) is 0 Å². The van der Waals surface area contributed by atoms with E-state index in [0.29, 0.717) is 0 Å². The molecule has 0 spiro atoms. The topological polar surface area (TPSA) is 107 Å². The lowest BCUT2D eigenvalue weighted by molar-refractivity contribution is -0.218. The first-order chi connectivity index (χ1) is 10.5. The van der Waals surface area contributed by atoms with E-state index in [1.165, 1.54) is 6.08 Å². The van der Waals surface area contributed by atoms with Gasteiger partial charge < -0.3 is 9.47 Å². The minimum Gasteiger partial charge on any atom is -0.469 e. The molecule has 11 heteroatoms. The molecule has 0 aromatic carbocycles. The molecular weight excluding hydrogens is 345 g/mol. The number of esters is 2. The number of hydrogen-bond acceptors (Lipinski definition) is 6. The Morgan fingerprint density at radius 3 is 2.09 bits per heavy atom. The lowest BCUT2D eigenvalue weighted by atomic mass is 9.83. The Labute approximate surface area is 130 Å². The summed E-state index contributed by atoms with van der Waals surface area (Å²) >= 11 is 0. The lowest BCUT2D eigenvalue weighted by Gasteiger charge is -2.27. The average Bonchev–Trinajstić information content (AvgIpc) is 2.43. The van der Waals surface area contributed by atoms with Gasteiger partial charge in [-0.1, -0.05) is 12.2 Å². The highest BCUT2D eigenvalue weighted by atomic mass is 32.2. The highest BCUT2D eigenvalue weighted by molar-refractivity contribution is 7.85. The second kappa shape index (κ2) is 7.30. The van der Waals surface area contributed by atoms with Crippen LogP contribution >= 0.6 is 0 Å². The average molecular weight is 360 g/mol. The SMILES string of the molecule is COC(=O)C1CC=CCC1C(=O)O[C@@H](CS(=O)(=O)O)C(F)(F)F. The van der Waals surface area contributed by atoms with Crippen LogP contribution in [0.3, 0.4) is 0 Å². The van der Waals surface area contributed by atoms with Crippen molar-refractivity contribution in [2.24, 2.45) is 11.8 Å². The first-order valence-corrected chi connectivity index (χ1v) is 8.02. The van der Waals surface area contributed by atoms with Gasteiger partial charge in [-0.25, -0.2) is 0 Å². The molecule has 0 saturated carbocycles. The molecule has 23 heavy (non-hydrogen) atoms. The smallest absolute Gasteiger partial charge is 0.426 e. The molecule has 0 saturated heterocycles. The van der Waals surface area contributed by atoms with Crippen molar-refractivity contribution in [2.45, 2.75) is 25.1 Å². The van der Waals surface area contributed by atoms with Crippen molar-refractivity contribution in [2.75, 3.05) is 12.9 Å². The molecule has 3 atom stereocenters. The number of allylic oxidation sites excluding steroid dienone is 2. The lowest BCUT2D eigenvalue weighted by Crippen LogP contribution is -2.43. The van der Waals surface area contributed by atoms with Crippen molar-refractivity contribution in [3.63, 3.8) is 0 Å². The minimum absolute atomic E-state index is 0.0466. The molecule has 0 heterocycles. The predicted molar refractivity (Wildman–Crippen MR) is 69.7 cm³/mol. The third-order valence-corrected chi connectivity index (χ3v) is 3.95. The van der Waals surface area contributed by atoms with Gasteiger partial charge in [0.1, 0.15) is 5.75 Å². The van der Waals surface area contributed by atoms with Crippen LogP contribution in [0.1, 0.15) is 12.8 Å². The Bertz CT molecular complexity index is 582. The third kappa shape index (κ3) is 5.82. The van der Waals surface area contributed by atoms with Crippen molar-refractivity contribution in [3.8, 4) is 0 Å². The number of rotatable bonds is 5. The van der Waals surface area contributed by atoms with E-state index in [2.05, 4.69) is 9.47 Å². The minimum atomic E-state index is -5.18. The molecule has 0 radical (unpaired) electrons. The molecule has 0 aromatic heterocycles. The fourth-order valence-corrected chi connectivity index (χ4v) is 2.74. The molecule has 132 valence electrons. The summed E-state index contributed by atoms with van der Waals surface area (Å²) in [6.07, 6.45) is -5.09. The molecular formula is C12H15F3O7S. The first kappa shape index (κ1) is 19.4. The maximum absolute atomic E-state index is 12.7. The molecule has 0 amide bonds. The second-order valence-electron chi connectivity index (χ2n) is 4.89. The van der Waals surface area contributed by atoms with Gasteiger partial charge in [0.05, 0.1) is 18.9 Å². The normalized spacial score (nSPS) is 23.2. The van der Waals surface area contributed by atoms with Gasteiger partial charge in [-0.05, 0) is 12.8 Å². The number of halogens is 3. The van der Waals surface area contributed by atoms with Crippen molar-refractivity contribution < 1.29 is 45.2 Å². The van der Waals surface area contributed by atoms with Crippen LogP contribution in [0.25, 0.3) is 0 Å². The fourth-order valence-electron chi connectivity index (χ4n) is 2.10. The van der Waals surface area contributed by atoms with E-state index < -0.39 is 51.9 Å². The summed E-state index contributed by atoms with van der Waals surface area (Å²) in [4.78, 5) is 23.5. The fraction of sp³-hybridized carbons (Fsp3) is 0.667. The van der Waals surface area contributed by atoms with Crippen LogP contribution in [0.4, 0.5) is 13.2 Å². The largest absolute Gasteiger partial charge is 0.469 e. The van der Waals surface area contributed by atoms with Gasteiger partial charge in [-0.3, -0.25) is 14.1 Å². The van der Waals surface area contributed by atoms with E-state index in [0.717, 1.165) is 7.11 Å². The summed E-state index contributed by atoms with van der Waals surface area (Å²) in [7, 11) is -3.95. The molecule has 1 N–H and O–H groups in total. The van der Waals surface area contributed by atoms with Crippen LogP contribution in [0, 0.1) is 11.8 Å². The Kier molecular flexibility index (Phi) is 6.17. The zero-order valence-corrected chi connectivity index (χ0v) is 12.8. The molecule has 0 aromatic rings. The molecule has 1 aliphatic rings. The summed E-state index contributed by atoms with van der Waals surface area (Å²) in [5.41, 5.74) is 0. The number of alkyl halides is 3. The Morgan fingerprint density at radius 1 is 1.22 bits per heavy atom. The van der Waals surface area contributed by atoms with Crippen molar-refractivity contribution in [1.29, 1.82) is 0 Å². The van der Waals surface area contributed by atoms with Crippen LogP contribution in [0.15, 0.2) is 12.2 Å². The van der Waals surface area contributed by atoms with E-state index in [-0.39, 0.29) is 12.8 Å². The number of hydrogen-bond donors (Lipinski definition) is 1. The van der Waals surface area contributed by atoms with Crippen molar-refractivity contribution >= 4 is 22.1 Å². The van der Waals surface area contributed by atoms with E-state index >= 15 is 0 Å². The standard InChI is InChI=1S/C12H15F3O7S/c1-21-10(16)7-4-2-3-5-8(7)11(17)22-9(12(13,14)15)6-23(18,19)20/h2-3,7-9H,4-6H2,1H3,(H,18,19,20)/t7?,8?,9-/m0/s1. The van der Waals surface area contributed by atoms with E-state index in [1.54, 1.807) is 6.08 Å². The molecule has 2 unspecified atom stereocenters. The van der Waals surface area contributed by atoms with Crippen molar-refractivity contribution in [1.82, 2.24) is 0 Å². The predicted octanol–water partition coefficient (Wildman–Crippen LogP) is 1.10. The zero-order chi connectivity index (χ0) is 17.8. The van der Waals surface area contributed by atoms with Gasteiger partial charge in [0, 0.05) is 0 Å². The molecule has 1 rings (SSSR count). The summed E-state index contributed by atoms with van der Waals surface area (Å²) in [6.45, 7) is 0. The molecule has 0 aliphatic heterocycles. The Balaban J connectivity index is 2.92. The number of carbonyl (C=O) groups excluding carboxylic acids is 2. The zero-order valence-electron chi connectivity index (χ0n) is 11.9. The Morgan fingerprint density at radius 2 is 1.70 bits per heavy atom. The Hall–Kier alpha value is -1.62. The molecule has 0 bridgehead atoms. The highest BCUT2D eigenvalue weighted by Gasteiger charge is 2.47. The van der Waals surface area contributed by atoms with Crippen LogP contribution in [-0.4, -0.2) is 50.1 Å². The van der Waals surface area contributed by atoms with Crippen LogP contribution in [0.2, 0.25) is 0 Å². The maximum atomic E-state index is 12.7. The summed E-state index contributed by atoms with van der Waals surface area (Å²) < 4.78 is 76.8. The van der Waals surface area contributed by atoms with Gasteiger partial charge >= 0.3 is 18.1 Å².